The van der Waals surface area contributed by atoms with E-state index in [1.165, 1.54) is 0 Å². The number of carboxylic acids is 1. The molecule has 0 saturated heterocycles. The second-order valence-electron chi connectivity index (χ2n) is 9.96. The first-order valence-electron chi connectivity index (χ1n) is 13.8. The minimum Gasteiger partial charge on any atom is -0.490 e. The molecule has 4 rings (SSSR count). The van der Waals surface area contributed by atoms with Crippen LogP contribution in [0.5, 0.6) is 11.5 Å². The number of carbonyl (C=O) groups excluding carboxylic acids is 1. The Morgan fingerprint density at radius 3 is 2.36 bits per heavy atom. The number of halogens is 3. The van der Waals surface area contributed by atoms with E-state index in [-0.39, 0.29) is 12.0 Å². The molecule has 0 saturated carbocycles. The summed E-state index contributed by atoms with van der Waals surface area (Å²) in [5, 5.41) is 15.4. The van der Waals surface area contributed by atoms with Gasteiger partial charge in [-0.2, -0.15) is 13.2 Å². The number of amides is 1. The van der Waals surface area contributed by atoms with Crippen LogP contribution in [0.3, 0.4) is 0 Å². The van der Waals surface area contributed by atoms with E-state index < -0.39 is 18.2 Å². The Balaban J connectivity index is 0.000000676. The highest BCUT2D eigenvalue weighted by molar-refractivity contribution is 5.94. The second-order valence-corrected chi connectivity index (χ2v) is 9.96. The number of nitrogens with zero attached hydrogens (tertiary/aromatic N) is 1. The van der Waals surface area contributed by atoms with Crippen molar-refractivity contribution in [2.24, 2.45) is 0 Å². The van der Waals surface area contributed by atoms with Crippen LogP contribution in [0.4, 0.5) is 24.7 Å². The summed E-state index contributed by atoms with van der Waals surface area (Å²) in [5.41, 5.74) is 9.77. The molecule has 0 aliphatic carbocycles. The van der Waals surface area contributed by atoms with Crippen molar-refractivity contribution in [3.63, 3.8) is 0 Å². The maximum absolute atomic E-state index is 13.6. The molecule has 0 spiro atoms. The molecule has 0 radical (unpaired) electrons. The average molecular weight is 613 g/mol. The zero-order valence-electron chi connectivity index (χ0n) is 24.7. The molecule has 1 atom stereocenters. The van der Waals surface area contributed by atoms with Crippen LogP contribution in [0.25, 0.3) is 10.8 Å². The molecule has 1 aromatic heterocycles. The van der Waals surface area contributed by atoms with Crippen LogP contribution in [0, 0.1) is 6.92 Å². The number of anilines is 2. The fourth-order valence-corrected chi connectivity index (χ4v) is 4.17. The third-order valence-corrected chi connectivity index (χ3v) is 6.29. The van der Waals surface area contributed by atoms with Crippen LogP contribution in [0.1, 0.15) is 43.5 Å². The summed E-state index contributed by atoms with van der Waals surface area (Å²) < 4.78 is 43.5. The lowest BCUT2D eigenvalue weighted by Crippen LogP contribution is -2.33. The monoisotopic (exact) mass is 612 g/mol. The number of fused-ring (bicyclic) bond motifs is 1. The summed E-state index contributed by atoms with van der Waals surface area (Å²) in [6.45, 7) is 8.80. The smallest absolute Gasteiger partial charge is 0.490 e. The lowest BCUT2D eigenvalue weighted by atomic mass is 10.0. The molecule has 234 valence electrons. The van der Waals surface area contributed by atoms with Crippen LogP contribution in [0.2, 0.25) is 0 Å². The minimum atomic E-state index is -5.08. The zero-order valence-corrected chi connectivity index (χ0v) is 24.7. The van der Waals surface area contributed by atoms with E-state index in [2.05, 4.69) is 15.6 Å². The van der Waals surface area contributed by atoms with Crippen molar-refractivity contribution in [1.82, 2.24) is 10.3 Å². The van der Waals surface area contributed by atoms with E-state index in [1.807, 2.05) is 94.4 Å². The fourth-order valence-electron chi connectivity index (χ4n) is 4.17. The number of nitrogens with two attached hydrogens (primary N) is 1. The van der Waals surface area contributed by atoms with Crippen LogP contribution < -0.4 is 25.8 Å². The fraction of sp³-hybridized carbons (Fsp3) is 0.281. The normalized spacial score (nSPS) is 11.7. The summed E-state index contributed by atoms with van der Waals surface area (Å²) in [7, 11) is 0. The molecule has 1 unspecified atom stereocenters. The van der Waals surface area contributed by atoms with E-state index in [9.17, 15) is 18.0 Å². The van der Waals surface area contributed by atoms with Crippen molar-refractivity contribution in [3.8, 4) is 11.5 Å². The number of nitrogen functional groups attached to an aromatic ring is 1. The van der Waals surface area contributed by atoms with Gasteiger partial charge in [-0.05, 0) is 86.2 Å². The van der Waals surface area contributed by atoms with Crippen LogP contribution in [-0.4, -0.2) is 40.9 Å². The Morgan fingerprint density at radius 2 is 1.73 bits per heavy atom. The number of ether oxygens (including phenoxy) is 2. The number of benzene rings is 3. The molecule has 1 heterocycles. The molecule has 12 heteroatoms. The van der Waals surface area contributed by atoms with E-state index in [0.29, 0.717) is 30.5 Å². The van der Waals surface area contributed by atoms with Gasteiger partial charge in [0.2, 0.25) is 5.91 Å². The highest BCUT2D eigenvalue weighted by Crippen LogP contribution is 2.33. The van der Waals surface area contributed by atoms with Crippen molar-refractivity contribution in [3.05, 3.63) is 89.6 Å². The van der Waals surface area contributed by atoms with Gasteiger partial charge < -0.3 is 30.9 Å². The summed E-state index contributed by atoms with van der Waals surface area (Å²) in [5.74, 6) is -1.19. The Bertz CT molecular complexity index is 1590. The van der Waals surface area contributed by atoms with Crippen molar-refractivity contribution >= 4 is 34.2 Å². The Kier molecular flexibility index (Phi) is 11.4. The first-order chi connectivity index (χ1) is 20.8. The lowest BCUT2D eigenvalue weighted by Gasteiger charge is -2.22. The molecular formula is C32H35F3N4O5. The standard InChI is InChI=1S/C30H34N4O3.C2HF3O2/c1-5-36-27-17-22(10-13-26(27)37-19(2)3)28(30(35)33-18-23-9-7-6-8-20(23)4)34-24-11-12-25-21(16-24)14-15-32-29(25)31;3-2(4,5)1(6)7/h6-17,19,28,34H,5,18H2,1-4H3,(H2,31,32)(H,33,35);(H,6,7). The van der Waals surface area contributed by atoms with Gasteiger partial charge in [0.15, 0.2) is 11.5 Å². The first-order valence-corrected chi connectivity index (χ1v) is 13.8. The van der Waals surface area contributed by atoms with Crippen LogP contribution in [0.15, 0.2) is 72.9 Å². The average Bonchev–Trinajstić information content (AvgIpc) is 2.96. The predicted molar refractivity (Wildman–Crippen MR) is 163 cm³/mol. The van der Waals surface area contributed by atoms with Crippen molar-refractivity contribution in [2.45, 2.75) is 52.6 Å². The van der Waals surface area contributed by atoms with Crippen LogP contribution >= 0.6 is 0 Å². The number of alkyl halides is 3. The largest absolute Gasteiger partial charge is 0.490 e. The minimum absolute atomic E-state index is 0.00378. The first kappa shape index (κ1) is 33.5. The molecular weight excluding hydrogens is 577 g/mol. The molecule has 1 amide bonds. The number of hydrogen-bond acceptors (Lipinski definition) is 7. The molecule has 0 aliphatic rings. The molecule has 0 bridgehead atoms. The third-order valence-electron chi connectivity index (χ3n) is 6.29. The number of nitrogens with one attached hydrogen (secondary N) is 2. The topological polar surface area (TPSA) is 136 Å². The molecule has 44 heavy (non-hydrogen) atoms. The van der Waals surface area contributed by atoms with Gasteiger partial charge in [-0.15, -0.1) is 0 Å². The van der Waals surface area contributed by atoms with Gasteiger partial charge >= 0.3 is 12.1 Å². The van der Waals surface area contributed by atoms with E-state index >= 15 is 0 Å². The summed E-state index contributed by atoms with van der Waals surface area (Å²) in [6, 6.07) is 20.6. The van der Waals surface area contributed by atoms with Gasteiger partial charge in [-0.25, -0.2) is 9.78 Å². The predicted octanol–water partition coefficient (Wildman–Crippen LogP) is 6.41. The molecule has 0 fully saturated rings. The SMILES string of the molecule is CCOc1cc(C(Nc2ccc3c(N)nccc3c2)C(=O)NCc2ccccc2C)ccc1OC(C)C.O=C(O)C(F)(F)F. The van der Waals surface area contributed by atoms with Gasteiger partial charge in [0.25, 0.3) is 0 Å². The maximum Gasteiger partial charge on any atom is 0.490 e. The highest BCUT2D eigenvalue weighted by atomic mass is 19.4. The molecule has 3 aromatic carbocycles. The number of rotatable bonds is 10. The molecule has 4 aromatic rings. The van der Waals surface area contributed by atoms with Gasteiger partial charge in [0.05, 0.1) is 12.7 Å². The maximum atomic E-state index is 13.6. The van der Waals surface area contributed by atoms with Gasteiger partial charge in [0, 0.05) is 23.8 Å². The van der Waals surface area contributed by atoms with E-state index in [1.54, 1.807) is 6.20 Å². The summed E-state index contributed by atoms with van der Waals surface area (Å²) >= 11 is 0. The highest BCUT2D eigenvalue weighted by Gasteiger charge is 2.38. The molecule has 0 aliphatic heterocycles. The van der Waals surface area contributed by atoms with Crippen molar-refractivity contribution in [2.75, 3.05) is 17.7 Å². The Morgan fingerprint density at radius 1 is 1.02 bits per heavy atom. The van der Waals surface area contributed by atoms with Gasteiger partial charge in [-0.1, -0.05) is 30.3 Å². The second kappa shape index (κ2) is 14.9. The number of aryl methyl sites for hydroxylation is 1. The number of aromatic nitrogens is 1. The number of hydrogen-bond donors (Lipinski definition) is 4. The Hall–Kier alpha value is -5.00. The summed E-state index contributed by atoms with van der Waals surface area (Å²) in [4.78, 5) is 26.7. The van der Waals surface area contributed by atoms with Crippen molar-refractivity contribution < 1.29 is 37.3 Å². The number of carboxylic acid groups (broad SMARTS) is 1. The van der Waals surface area contributed by atoms with E-state index in [0.717, 1.165) is 33.2 Å². The van der Waals surface area contributed by atoms with Gasteiger partial charge in [0.1, 0.15) is 11.9 Å². The number of pyridine rings is 1. The van der Waals surface area contributed by atoms with Gasteiger partial charge in [-0.3, -0.25) is 4.79 Å². The number of carbonyl (C=O) groups is 2. The number of aliphatic carboxylic acids is 1. The molecule has 9 nitrogen and oxygen atoms in total. The van der Waals surface area contributed by atoms with E-state index in [4.69, 9.17) is 25.1 Å². The molecule has 5 N–H and O–H groups in total. The third kappa shape index (κ3) is 9.25. The quantitative estimate of drug-likeness (QED) is 0.161. The Labute approximate surface area is 253 Å². The van der Waals surface area contributed by atoms with Crippen LogP contribution in [-0.2, 0) is 16.1 Å². The summed E-state index contributed by atoms with van der Waals surface area (Å²) in [6.07, 6.45) is -3.41. The zero-order chi connectivity index (χ0) is 32.4. The lowest BCUT2D eigenvalue weighted by molar-refractivity contribution is -0.192. The van der Waals surface area contributed by atoms with Crippen molar-refractivity contribution in [1.29, 1.82) is 0 Å².